The van der Waals surface area contributed by atoms with Crippen molar-refractivity contribution >= 4 is 27.3 Å². The van der Waals surface area contributed by atoms with Gasteiger partial charge in [-0.2, -0.15) is 5.10 Å². The van der Waals surface area contributed by atoms with Crippen molar-refractivity contribution in [2.24, 2.45) is 0 Å². The Morgan fingerprint density at radius 3 is 2.80 bits per heavy atom. The molecule has 4 heterocycles. The molecule has 7 nitrogen and oxygen atoms in total. The molecule has 0 radical (unpaired) electrons. The van der Waals surface area contributed by atoms with Crippen molar-refractivity contribution in [1.29, 1.82) is 0 Å². The first-order valence-corrected chi connectivity index (χ1v) is 12.6. The van der Waals surface area contributed by atoms with E-state index >= 15 is 4.39 Å². The van der Waals surface area contributed by atoms with Gasteiger partial charge in [-0.15, -0.1) is 0 Å². The number of pyridine rings is 1. The highest BCUT2D eigenvalue weighted by molar-refractivity contribution is 7.16. The number of nitrogens with zero attached hydrogens (tertiary/aromatic N) is 4. The van der Waals surface area contributed by atoms with E-state index in [-0.39, 0.29) is 6.61 Å². The van der Waals surface area contributed by atoms with E-state index in [4.69, 9.17) is 13.9 Å². The average Bonchev–Trinajstić information content (AvgIpc) is 3.55. The molecule has 0 amide bonds. The summed E-state index contributed by atoms with van der Waals surface area (Å²) in [5, 5.41) is 6.17. The topological polar surface area (TPSA) is 74.7 Å². The fourth-order valence-corrected chi connectivity index (χ4v) is 5.42. The molecular weight excluding hydrogens is 467 g/mol. The summed E-state index contributed by atoms with van der Waals surface area (Å²) >= 11 is 1.52. The lowest BCUT2D eigenvalue weighted by molar-refractivity contribution is 0.100. The molecule has 1 aromatic carbocycles. The van der Waals surface area contributed by atoms with Crippen LogP contribution in [0, 0.1) is 6.92 Å². The van der Waals surface area contributed by atoms with Crippen LogP contribution in [-0.2, 0) is 12.3 Å². The Kier molecular flexibility index (Phi) is 5.44. The van der Waals surface area contributed by atoms with Gasteiger partial charge in [-0.3, -0.25) is 4.98 Å². The minimum Gasteiger partial charge on any atom is -0.496 e. The molecule has 9 heteroatoms. The van der Waals surface area contributed by atoms with Gasteiger partial charge in [0.05, 0.1) is 30.1 Å². The Morgan fingerprint density at radius 2 is 2.00 bits per heavy atom. The van der Waals surface area contributed by atoms with Crippen molar-refractivity contribution < 1.29 is 18.3 Å². The fourth-order valence-electron chi connectivity index (χ4n) is 4.69. The van der Waals surface area contributed by atoms with Crippen LogP contribution in [0.15, 0.2) is 47.0 Å². The molecule has 1 aliphatic carbocycles. The number of hydrogen-bond acceptors (Lipinski definition) is 7. The summed E-state index contributed by atoms with van der Waals surface area (Å²) in [6, 6.07) is 11.1. The second kappa shape index (κ2) is 8.64. The predicted octanol–water partition coefficient (Wildman–Crippen LogP) is 6.62. The molecular formula is C26H25FN4O3S. The highest BCUT2D eigenvalue weighted by Crippen LogP contribution is 2.40. The van der Waals surface area contributed by atoms with E-state index in [1.165, 1.54) is 11.3 Å². The van der Waals surface area contributed by atoms with Crippen molar-refractivity contribution in [1.82, 2.24) is 19.6 Å². The molecule has 0 atom stereocenters. The Balaban J connectivity index is 1.30. The van der Waals surface area contributed by atoms with Gasteiger partial charge in [0.25, 0.3) is 0 Å². The zero-order valence-corrected chi connectivity index (χ0v) is 20.4. The summed E-state index contributed by atoms with van der Waals surface area (Å²) in [4.78, 5) is 10.1. The normalized spacial score (nSPS) is 15.6. The summed E-state index contributed by atoms with van der Waals surface area (Å²) in [6.45, 7) is 2.15. The van der Waals surface area contributed by atoms with E-state index in [1.54, 1.807) is 17.7 Å². The van der Waals surface area contributed by atoms with Crippen LogP contribution in [0.1, 0.15) is 48.5 Å². The summed E-state index contributed by atoms with van der Waals surface area (Å²) in [5.74, 6) is 1.83. The average molecular weight is 493 g/mol. The van der Waals surface area contributed by atoms with E-state index < -0.39 is 5.67 Å². The number of furan rings is 1. The number of fused-ring (bicyclic) bond motifs is 2. The highest BCUT2D eigenvalue weighted by Gasteiger charge is 2.35. The SMILES string of the molecule is COc1cc(OCc2cccc(C3(F)CCCCC3)n2)c2cc(-c3cn4nc(C)sc4n3)oc2c1. The Hall–Kier alpha value is -3.46. The van der Waals surface area contributed by atoms with E-state index in [9.17, 15) is 0 Å². The number of halogens is 1. The van der Waals surface area contributed by atoms with Crippen LogP contribution in [0.2, 0.25) is 0 Å². The minimum atomic E-state index is -1.34. The Bertz CT molecular complexity index is 1480. The van der Waals surface area contributed by atoms with Gasteiger partial charge in [0, 0.05) is 12.1 Å². The van der Waals surface area contributed by atoms with Crippen molar-refractivity contribution in [3.63, 3.8) is 0 Å². The van der Waals surface area contributed by atoms with Crippen LogP contribution in [0.3, 0.4) is 0 Å². The fraction of sp³-hybridized carbons (Fsp3) is 0.346. The molecule has 4 aromatic heterocycles. The van der Waals surface area contributed by atoms with Gasteiger partial charge in [-0.25, -0.2) is 13.9 Å². The van der Waals surface area contributed by atoms with Crippen LogP contribution < -0.4 is 9.47 Å². The largest absolute Gasteiger partial charge is 0.496 e. The third kappa shape index (κ3) is 4.14. The molecule has 0 spiro atoms. The van der Waals surface area contributed by atoms with E-state index in [0.717, 1.165) is 34.6 Å². The quantitative estimate of drug-likeness (QED) is 0.265. The number of alkyl halides is 1. The third-order valence-corrected chi connectivity index (χ3v) is 7.33. The minimum absolute atomic E-state index is 0.204. The smallest absolute Gasteiger partial charge is 0.212 e. The van der Waals surface area contributed by atoms with Gasteiger partial charge in [0.15, 0.2) is 11.4 Å². The summed E-state index contributed by atoms with van der Waals surface area (Å²) < 4.78 is 34.9. The molecule has 35 heavy (non-hydrogen) atoms. The van der Waals surface area contributed by atoms with Gasteiger partial charge in [0.1, 0.15) is 34.4 Å². The molecule has 0 bridgehead atoms. The number of aromatic nitrogens is 4. The van der Waals surface area contributed by atoms with Crippen molar-refractivity contribution in [2.45, 2.75) is 51.3 Å². The molecule has 0 saturated heterocycles. The number of methoxy groups -OCH3 is 1. The third-order valence-electron chi connectivity index (χ3n) is 6.49. The highest BCUT2D eigenvalue weighted by atomic mass is 32.1. The first-order valence-electron chi connectivity index (χ1n) is 11.7. The van der Waals surface area contributed by atoms with E-state index in [2.05, 4.69) is 15.1 Å². The first kappa shape index (κ1) is 22.0. The summed E-state index contributed by atoms with van der Waals surface area (Å²) in [7, 11) is 1.60. The number of benzene rings is 1. The number of hydrogen-bond donors (Lipinski definition) is 0. The lowest BCUT2D eigenvalue weighted by Gasteiger charge is -2.29. The zero-order valence-electron chi connectivity index (χ0n) is 19.6. The van der Waals surface area contributed by atoms with Gasteiger partial charge in [-0.05, 0) is 50.8 Å². The maximum atomic E-state index is 15.5. The maximum Gasteiger partial charge on any atom is 0.212 e. The second-order valence-corrected chi connectivity index (χ2v) is 10.1. The molecule has 1 saturated carbocycles. The zero-order chi connectivity index (χ0) is 24.0. The van der Waals surface area contributed by atoms with Crippen molar-refractivity contribution in [3.05, 3.63) is 59.0 Å². The lowest BCUT2D eigenvalue weighted by atomic mass is 9.84. The molecule has 1 aliphatic rings. The Labute approximate surface area is 205 Å². The molecule has 0 aliphatic heterocycles. The molecule has 0 unspecified atom stereocenters. The number of ether oxygens (including phenoxy) is 2. The van der Waals surface area contributed by atoms with E-state index in [0.29, 0.717) is 52.8 Å². The van der Waals surface area contributed by atoms with Gasteiger partial charge >= 0.3 is 0 Å². The standard InChI is InChI=1S/C26H25FN4O3S/c1-16-30-31-14-20(29-25(31)35-16)23-13-19-21(11-18(32-2)12-22(19)34-23)33-15-17-7-6-8-24(28-17)26(27)9-4-3-5-10-26/h6-8,11-14H,3-5,9-10,15H2,1-2H3. The molecule has 0 N–H and O–H groups in total. The van der Waals surface area contributed by atoms with Crippen molar-refractivity contribution in [3.8, 4) is 23.0 Å². The molecule has 6 rings (SSSR count). The maximum absolute atomic E-state index is 15.5. The van der Waals surface area contributed by atoms with Crippen LogP contribution in [-0.4, -0.2) is 26.7 Å². The van der Waals surface area contributed by atoms with Crippen LogP contribution in [0.25, 0.3) is 27.4 Å². The molecule has 1 fully saturated rings. The molecule has 180 valence electrons. The monoisotopic (exact) mass is 492 g/mol. The van der Waals surface area contributed by atoms with Gasteiger partial charge in [-0.1, -0.05) is 23.8 Å². The summed E-state index contributed by atoms with van der Waals surface area (Å²) in [5.41, 5.74) is 1.16. The Morgan fingerprint density at radius 1 is 1.14 bits per heavy atom. The predicted molar refractivity (Wildman–Crippen MR) is 132 cm³/mol. The number of rotatable bonds is 6. The summed E-state index contributed by atoms with van der Waals surface area (Å²) in [6.07, 6.45) is 5.78. The van der Waals surface area contributed by atoms with E-state index in [1.807, 2.05) is 43.5 Å². The number of aryl methyl sites for hydroxylation is 1. The number of imidazole rings is 1. The van der Waals surface area contributed by atoms with Crippen LogP contribution in [0.4, 0.5) is 4.39 Å². The lowest BCUT2D eigenvalue weighted by Crippen LogP contribution is -2.25. The van der Waals surface area contributed by atoms with Gasteiger partial charge in [0.2, 0.25) is 4.96 Å². The second-order valence-electron chi connectivity index (χ2n) is 8.95. The molecule has 5 aromatic rings. The van der Waals surface area contributed by atoms with Crippen molar-refractivity contribution in [2.75, 3.05) is 7.11 Å². The van der Waals surface area contributed by atoms with Crippen LogP contribution >= 0.6 is 11.3 Å². The van der Waals surface area contributed by atoms with Crippen LogP contribution in [0.5, 0.6) is 11.5 Å². The first-order chi connectivity index (χ1) is 17.0. The van der Waals surface area contributed by atoms with Gasteiger partial charge < -0.3 is 13.9 Å².